The van der Waals surface area contributed by atoms with E-state index in [2.05, 4.69) is 22.9 Å². The fraction of sp³-hybridized carbons (Fsp3) is 0.304. The largest absolute Gasteiger partial charge is 0.325 e. The van der Waals surface area contributed by atoms with E-state index in [-0.39, 0.29) is 35.5 Å². The van der Waals surface area contributed by atoms with Gasteiger partial charge in [0, 0.05) is 17.3 Å². The molecule has 11 heteroatoms. The highest BCUT2D eigenvalue weighted by atomic mass is 32.5. The summed E-state index contributed by atoms with van der Waals surface area (Å²) >= 11 is 4.41. The zero-order valence-corrected chi connectivity index (χ0v) is 19.4. The van der Waals surface area contributed by atoms with Crippen molar-refractivity contribution < 1.29 is 28.6 Å². The van der Waals surface area contributed by atoms with E-state index in [9.17, 15) is 28.6 Å². The lowest BCUT2D eigenvalue weighted by molar-refractivity contribution is -0.116. The Labute approximate surface area is 198 Å². The summed E-state index contributed by atoms with van der Waals surface area (Å²) in [6.45, 7) is 0. The molecule has 0 radical (unpaired) electrons. The van der Waals surface area contributed by atoms with E-state index in [1.165, 1.54) is 12.1 Å². The number of hydrogen-bond acceptors (Lipinski definition) is 3. The number of thiol groups is 1. The minimum Gasteiger partial charge on any atom is -0.325 e. The van der Waals surface area contributed by atoms with Crippen LogP contribution in [0, 0.1) is 11.7 Å². The van der Waals surface area contributed by atoms with Crippen molar-refractivity contribution in [1.82, 2.24) is 4.98 Å². The van der Waals surface area contributed by atoms with E-state index >= 15 is 0 Å². The van der Waals surface area contributed by atoms with Crippen molar-refractivity contribution in [2.24, 2.45) is 5.92 Å². The second kappa shape index (κ2) is 8.08. The molecule has 1 fully saturated rings. The highest BCUT2D eigenvalue weighted by Crippen LogP contribution is 3.02. The van der Waals surface area contributed by atoms with Crippen molar-refractivity contribution >= 4 is 45.4 Å². The molecule has 3 nitrogen and oxygen atoms in total. The van der Waals surface area contributed by atoms with Crippen LogP contribution in [0.3, 0.4) is 0 Å². The number of rotatable bonds is 5. The lowest BCUT2D eigenvalue weighted by Gasteiger charge is -2.40. The maximum Gasteiger partial charge on any atom is 0.310 e. The fourth-order valence-corrected chi connectivity index (χ4v) is 5.48. The standard InChI is InChI=1S/C23H22F6N2OS2/c24-16-5-10-21-20(13-16)19(11-12-30-21)14-1-3-15(4-2-14)22(33)23(32)31-17-6-8-18(9-7-17)34(25,26,27,28)29/h5-15,22,33H,1-4H2,(H,31,32). The maximum atomic E-state index is 13.8. The molecule has 1 heterocycles. The number of hydrogen-bond donors (Lipinski definition) is 2. The molecular weight excluding hydrogens is 498 g/mol. The molecule has 4 rings (SSSR count). The third-order valence-corrected chi connectivity index (χ3v) is 8.05. The second-order valence-corrected chi connectivity index (χ2v) is 11.6. The van der Waals surface area contributed by atoms with Crippen LogP contribution in [-0.2, 0) is 4.79 Å². The first-order valence-electron chi connectivity index (χ1n) is 10.6. The summed E-state index contributed by atoms with van der Waals surface area (Å²) in [5.74, 6) is -0.750. The Morgan fingerprint density at radius 1 is 0.971 bits per heavy atom. The zero-order chi connectivity index (χ0) is 24.8. The molecule has 184 valence electrons. The summed E-state index contributed by atoms with van der Waals surface area (Å²) < 4.78 is 78.0. The Morgan fingerprint density at radius 3 is 2.24 bits per heavy atom. The van der Waals surface area contributed by atoms with Gasteiger partial charge in [0.15, 0.2) is 0 Å². The first kappa shape index (κ1) is 24.7. The number of benzene rings is 2. The van der Waals surface area contributed by atoms with Gasteiger partial charge in [-0.25, -0.2) is 4.39 Å². The Morgan fingerprint density at radius 2 is 1.62 bits per heavy atom. The topological polar surface area (TPSA) is 42.0 Å². The van der Waals surface area contributed by atoms with E-state index in [1.807, 2.05) is 6.07 Å². The molecule has 1 atom stereocenters. The van der Waals surface area contributed by atoms with Crippen LogP contribution < -0.4 is 5.32 Å². The molecule has 0 saturated heterocycles. The molecule has 1 unspecified atom stereocenters. The van der Waals surface area contributed by atoms with Gasteiger partial charge in [-0.05, 0) is 91.6 Å². The van der Waals surface area contributed by atoms with Crippen molar-refractivity contribution in [3.05, 3.63) is 66.1 Å². The van der Waals surface area contributed by atoms with Gasteiger partial charge in [-0.2, -0.15) is 12.6 Å². The number of anilines is 1. The van der Waals surface area contributed by atoms with E-state index < -0.39 is 26.3 Å². The van der Waals surface area contributed by atoms with Crippen molar-refractivity contribution in [3.8, 4) is 0 Å². The van der Waals surface area contributed by atoms with Gasteiger partial charge in [-0.3, -0.25) is 9.78 Å². The molecular formula is C23H22F6N2OS2. The molecule has 3 aromatic rings. The first-order chi connectivity index (χ1) is 15.7. The average molecular weight is 521 g/mol. The number of nitrogens with one attached hydrogen (secondary N) is 1. The van der Waals surface area contributed by atoms with Gasteiger partial charge < -0.3 is 5.32 Å². The lowest BCUT2D eigenvalue weighted by atomic mass is 9.76. The van der Waals surface area contributed by atoms with Gasteiger partial charge in [0.25, 0.3) is 0 Å². The van der Waals surface area contributed by atoms with Gasteiger partial charge in [-0.15, -0.1) is 0 Å². The number of pyridine rings is 1. The minimum atomic E-state index is -9.76. The molecule has 1 N–H and O–H groups in total. The molecule has 1 aliphatic carbocycles. The third-order valence-electron chi connectivity index (χ3n) is 6.23. The summed E-state index contributed by atoms with van der Waals surface area (Å²) in [6.07, 6.45) is 4.55. The van der Waals surface area contributed by atoms with Gasteiger partial charge in [-0.1, -0.05) is 19.4 Å². The Balaban J connectivity index is 1.39. The minimum absolute atomic E-state index is 0.0198. The van der Waals surface area contributed by atoms with Crippen LogP contribution in [0.25, 0.3) is 10.9 Å². The summed E-state index contributed by atoms with van der Waals surface area (Å²) in [4.78, 5) is 14.8. The molecule has 1 saturated carbocycles. The predicted molar refractivity (Wildman–Crippen MR) is 126 cm³/mol. The van der Waals surface area contributed by atoms with Crippen LogP contribution in [0.1, 0.15) is 37.2 Å². The first-order valence-corrected chi connectivity index (χ1v) is 13.1. The summed E-state index contributed by atoms with van der Waals surface area (Å²) in [6, 6.07) is 8.48. The second-order valence-electron chi connectivity index (χ2n) is 8.60. The van der Waals surface area contributed by atoms with Crippen molar-refractivity contribution in [3.63, 3.8) is 0 Å². The van der Waals surface area contributed by atoms with Crippen molar-refractivity contribution in [2.75, 3.05) is 5.32 Å². The van der Waals surface area contributed by atoms with Crippen LogP contribution >= 0.6 is 22.9 Å². The number of nitrogens with zero attached hydrogens (tertiary/aromatic N) is 1. The van der Waals surface area contributed by atoms with Gasteiger partial charge in [0.2, 0.25) is 5.91 Å². The van der Waals surface area contributed by atoms with E-state index in [0.717, 1.165) is 35.9 Å². The summed E-state index contributed by atoms with van der Waals surface area (Å²) in [5, 5.41) is 2.50. The molecule has 1 amide bonds. The summed E-state index contributed by atoms with van der Waals surface area (Å²) in [7, 11) is -9.76. The fourth-order valence-electron chi connectivity index (χ4n) is 4.47. The number of halogens is 6. The highest BCUT2D eigenvalue weighted by molar-refractivity contribution is 8.45. The van der Waals surface area contributed by atoms with E-state index in [4.69, 9.17) is 0 Å². The number of fused-ring (bicyclic) bond motifs is 1. The monoisotopic (exact) mass is 520 g/mol. The normalized spacial score (nSPS) is 22.0. The van der Waals surface area contributed by atoms with Crippen LogP contribution in [0.2, 0.25) is 0 Å². The van der Waals surface area contributed by atoms with E-state index in [1.54, 1.807) is 12.3 Å². The zero-order valence-electron chi connectivity index (χ0n) is 17.7. The predicted octanol–water partition coefficient (Wildman–Crippen LogP) is 8.24. The molecule has 0 spiro atoms. The van der Waals surface area contributed by atoms with Gasteiger partial charge in [0.05, 0.1) is 10.8 Å². The van der Waals surface area contributed by atoms with Crippen LogP contribution in [0.5, 0.6) is 0 Å². The third kappa shape index (κ3) is 5.46. The van der Waals surface area contributed by atoms with Crippen LogP contribution in [0.15, 0.2) is 59.6 Å². The van der Waals surface area contributed by atoms with Crippen molar-refractivity contribution in [2.45, 2.75) is 41.7 Å². The molecule has 1 aliphatic rings. The Bertz CT molecular complexity index is 1230. The van der Waals surface area contributed by atoms with Crippen LogP contribution in [-0.4, -0.2) is 16.1 Å². The average Bonchev–Trinajstić information content (AvgIpc) is 2.77. The lowest BCUT2D eigenvalue weighted by Crippen LogP contribution is -2.32. The van der Waals surface area contributed by atoms with Crippen LogP contribution in [0.4, 0.5) is 29.5 Å². The molecule has 1 aromatic heterocycles. The number of amides is 1. The Kier molecular flexibility index (Phi) is 5.87. The quantitative estimate of drug-likeness (QED) is 0.263. The van der Waals surface area contributed by atoms with Gasteiger partial charge in [0.1, 0.15) is 10.7 Å². The van der Waals surface area contributed by atoms with Gasteiger partial charge >= 0.3 is 10.2 Å². The highest BCUT2D eigenvalue weighted by Gasteiger charge is 2.65. The number of carbonyl (C=O) groups excluding carboxylic acids is 1. The Hall–Kier alpha value is -2.40. The van der Waals surface area contributed by atoms with E-state index in [0.29, 0.717) is 18.4 Å². The molecule has 0 aliphatic heterocycles. The number of aromatic nitrogens is 1. The van der Waals surface area contributed by atoms with Crippen molar-refractivity contribution in [1.29, 1.82) is 0 Å². The molecule has 34 heavy (non-hydrogen) atoms. The summed E-state index contributed by atoms with van der Waals surface area (Å²) in [5.41, 5.74) is 1.70. The number of carbonyl (C=O) groups is 1. The smallest absolute Gasteiger partial charge is 0.310 e. The molecule has 0 bridgehead atoms. The SMILES string of the molecule is O=C(Nc1ccc(S(F)(F)(F)(F)F)cc1)C(S)C1CCC(c2ccnc3ccc(F)cc23)CC1. The maximum absolute atomic E-state index is 13.8. The molecule has 2 aromatic carbocycles.